The van der Waals surface area contributed by atoms with Gasteiger partial charge in [0, 0.05) is 6.42 Å². The molecule has 5 nitrogen and oxygen atoms in total. The minimum Gasteiger partial charge on any atom is -0.468 e. The van der Waals surface area contributed by atoms with E-state index in [-0.39, 0.29) is 6.42 Å². The van der Waals surface area contributed by atoms with Crippen LogP contribution in [0.5, 0.6) is 0 Å². The molecule has 1 aromatic carbocycles. The fourth-order valence-corrected chi connectivity index (χ4v) is 3.96. The molecule has 0 spiro atoms. The molecule has 1 heterocycles. The van der Waals surface area contributed by atoms with Crippen LogP contribution < -0.4 is 4.67 Å². The lowest BCUT2D eigenvalue weighted by molar-refractivity contribution is -0.168. The molecule has 0 fully saturated rings. The second kappa shape index (κ2) is 7.19. The Morgan fingerprint density at radius 2 is 1.72 bits per heavy atom. The van der Waals surface area contributed by atoms with Crippen LogP contribution in [0.2, 0.25) is 0 Å². The van der Waals surface area contributed by atoms with Gasteiger partial charge in [-0.05, 0) is 34.6 Å². The quantitative estimate of drug-likeness (QED) is 0.622. The van der Waals surface area contributed by atoms with E-state index >= 15 is 0 Å². The third-order valence-corrected chi connectivity index (χ3v) is 5.32. The summed E-state index contributed by atoms with van der Waals surface area (Å²) in [5.74, 6) is -1.10. The Labute approximate surface area is 149 Å². The molecule has 3 rings (SSSR count). The molecular formula is C19H19NO4S. The van der Waals surface area contributed by atoms with Crippen LogP contribution in [0, 0.1) is 5.41 Å². The first-order chi connectivity index (χ1) is 12.1. The fraction of sp³-hybridized carbons (Fsp3) is 0.316. The van der Waals surface area contributed by atoms with Gasteiger partial charge in [-0.1, -0.05) is 30.3 Å². The minimum atomic E-state index is -1.28. The second-order valence-electron chi connectivity index (χ2n) is 5.99. The molecular weight excluding hydrogens is 338 g/mol. The zero-order chi connectivity index (χ0) is 17.9. The number of ether oxygens (including phenoxy) is 2. The number of benzene rings is 1. The van der Waals surface area contributed by atoms with Crippen LogP contribution in [0.25, 0.3) is 0 Å². The molecule has 0 bridgehead atoms. The average Bonchev–Trinajstić information content (AvgIpc) is 3.05. The molecule has 25 heavy (non-hydrogen) atoms. The molecule has 6 heteroatoms. The largest absolute Gasteiger partial charge is 0.468 e. The van der Waals surface area contributed by atoms with Crippen molar-refractivity contribution >= 4 is 23.3 Å². The molecule has 130 valence electrons. The van der Waals surface area contributed by atoms with E-state index in [1.165, 1.54) is 25.6 Å². The van der Waals surface area contributed by atoms with Crippen molar-refractivity contribution in [1.29, 1.82) is 0 Å². The summed E-state index contributed by atoms with van der Waals surface area (Å²) in [5.41, 5.74) is 1.77. The van der Waals surface area contributed by atoms with E-state index in [2.05, 4.69) is 4.99 Å². The minimum absolute atomic E-state index is 0.281. The van der Waals surface area contributed by atoms with Gasteiger partial charge in [0.05, 0.1) is 20.8 Å². The summed E-state index contributed by atoms with van der Waals surface area (Å²) in [5, 5.41) is 1.97. The van der Waals surface area contributed by atoms with E-state index in [0.717, 1.165) is 21.4 Å². The Hall–Kier alpha value is -2.47. The first-order valence-electron chi connectivity index (χ1n) is 7.91. The van der Waals surface area contributed by atoms with Gasteiger partial charge in [0.2, 0.25) is 0 Å². The van der Waals surface area contributed by atoms with Gasteiger partial charge in [-0.25, -0.2) is 0 Å². The number of rotatable bonds is 4. The summed E-state index contributed by atoms with van der Waals surface area (Å²) in [4.78, 5) is 29.1. The highest BCUT2D eigenvalue weighted by Crippen LogP contribution is 2.39. The predicted octanol–water partition coefficient (Wildman–Crippen LogP) is 2.28. The molecule has 1 aliphatic rings. The maximum Gasteiger partial charge on any atom is 0.323 e. The summed E-state index contributed by atoms with van der Waals surface area (Å²) in [7, 11) is 2.58. The molecule has 0 radical (unpaired) electrons. The van der Waals surface area contributed by atoms with Gasteiger partial charge in [0.25, 0.3) is 0 Å². The maximum absolute atomic E-state index is 12.3. The van der Waals surface area contributed by atoms with Crippen molar-refractivity contribution in [2.75, 3.05) is 14.2 Å². The Morgan fingerprint density at radius 1 is 1.08 bits per heavy atom. The van der Waals surface area contributed by atoms with E-state index in [1.807, 2.05) is 41.8 Å². The van der Waals surface area contributed by atoms with Gasteiger partial charge in [-0.15, -0.1) is 11.3 Å². The third kappa shape index (κ3) is 3.35. The van der Waals surface area contributed by atoms with Crippen molar-refractivity contribution in [3.05, 3.63) is 63.1 Å². The van der Waals surface area contributed by atoms with E-state index in [4.69, 9.17) is 9.47 Å². The van der Waals surface area contributed by atoms with Crippen molar-refractivity contribution < 1.29 is 19.1 Å². The summed E-state index contributed by atoms with van der Waals surface area (Å²) in [6.45, 7) is 0.593. The first-order valence-corrected chi connectivity index (χ1v) is 8.79. The van der Waals surface area contributed by atoms with Crippen LogP contribution in [0.4, 0.5) is 0 Å². The van der Waals surface area contributed by atoms with Crippen molar-refractivity contribution in [3.63, 3.8) is 0 Å². The number of methoxy groups -OCH3 is 2. The highest BCUT2D eigenvalue weighted by Gasteiger charge is 2.52. The van der Waals surface area contributed by atoms with Crippen LogP contribution in [0.3, 0.4) is 0 Å². The molecule has 0 aliphatic heterocycles. The summed E-state index contributed by atoms with van der Waals surface area (Å²) >= 11 is 1.51. The molecule has 0 atom stereocenters. The van der Waals surface area contributed by atoms with Crippen molar-refractivity contribution in [3.8, 4) is 0 Å². The molecule has 0 saturated carbocycles. The topological polar surface area (TPSA) is 65.0 Å². The predicted molar refractivity (Wildman–Crippen MR) is 93.9 cm³/mol. The van der Waals surface area contributed by atoms with Crippen molar-refractivity contribution in [2.45, 2.75) is 19.4 Å². The fourth-order valence-electron chi connectivity index (χ4n) is 3.11. The molecule has 0 amide bonds. The number of esters is 2. The number of carbonyl (C=O) groups excluding carboxylic acids is 2. The van der Waals surface area contributed by atoms with Crippen LogP contribution in [0.1, 0.15) is 16.7 Å². The van der Waals surface area contributed by atoms with E-state index < -0.39 is 17.4 Å². The molecule has 1 aliphatic carbocycles. The Kier molecular flexibility index (Phi) is 4.99. The zero-order valence-electron chi connectivity index (χ0n) is 14.2. The molecule has 0 N–H and O–H groups in total. The van der Waals surface area contributed by atoms with Gasteiger partial charge in [-0.3, -0.25) is 14.6 Å². The second-order valence-corrected chi connectivity index (χ2v) is 6.88. The van der Waals surface area contributed by atoms with Crippen molar-refractivity contribution in [2.24, 2.45) is 10.4 Å². The van der Waals surface area contributed by atoms with E-state index in [0.29, 0.717) is 13.0 Å². The van der Waals surface area contributed by atoms with E-state index in [1.54, 1.807) is 0 Å². The monoisotopic (exact) mass is 357 g/mol. The Morgan fingerprint density at radius 3 is 2.36 bits per heavy atom. The zero-order valence-corrected chi connectivity index (χ0v) is 15.0. The number of hydrogen-bond acceptors (Lipinski definition) is 6. The van der Waals surface area contributed by atoms with Crippen LogP contribution in [-0.2, 0) is 38.4 Å². The van der Waals surface area contributed by atoms with Gasteiger partial charge in [-0.2, -0.15) is 0 Å². The van der Waals surface area contributed by atoms with Crippen molar-refractivity contribution in [1.82, 2.24) is 0 Å². The molecule has 1 aromatic heterocycles. The van der Waals surface area contributed by atoms with Gasteiger partial charge in [0.15, 0.2) is 5.41 Å². The standard InChI is InChI=1S/C19H19NO4S/c1-23-17(21)19(18(22)24-2)9-14-8-16(25-12-15(14)10-19)20-11-13-6-4-3-5-7-13/h3-8,12H,9-11H2,1-2H3. The van der Waals surface area contributed by atoms with Crippen LogP contribution in [0.15, 0.2) is 46.8 Å². The highest BCUT2D eigenvalue weighted by atomic mass is 32.1. The van der Waals surface area contributed by atoms with E-state index in [9.17, 15) is 9.59 Å². The van der Waals surface area contributed by atoms with Gasteiger partial charge >= 0.3 is 11.9 Å². The number of nitrogens with zero attached hydrogens (tertiary/aromatic N) is 1. The van der Waals surface area contributed by atoms with Gasteiger partial charge in [0.1, 0.15) is 4.67 Å². The molecule has 0 unspecified atom stereocenters. The van der Waals surface area contributed by atoms with Crippen LogP contribution in [-0.4, -0.2) is 26.2 Å². The summed E-state index contributed by atoms with van der Waals surface area (Å²) in [6.07, 6.45) is 0.584. The highest BCUT2D eigenvalue weighted by molar-refractivity contribution is 7.07. The summed E-state index contributed by atoms with van der Waals surface area (Å²) in [6, 6.07) is 12.0. The van der Waals surface area contributed by atoms with Gasteiger partial charge < -0.3 is 9.47 Å². The Balaban J connectivity index is 1.89. The average molecular weight is 357 g/mol. The lowest BCUT2D eigenvalue weighted by Crippen LogP contribution is -2.42. The number of hydrogen-bond donors (Lipinski definition) is 0. The number of fused-ring (bicyclic) bond motifs is 1. The maximum atomic E-state index is 12.3. The third-order valence-electron chi connectivity index (χ3n) is 4.43. The molecule has 2 aromatic rings. The molecule has 0 saturated heterocycles. The lowest BCUT2D eigenvalue weighted by Gasteiger charge is -2.22. The number of carbonyl (C=O) groups is 2. The van der Waals surface area contributed by atoms with Crippen LogP contribution >= 0.6 is 11.3 Å². The smallest absolute Gasteiger partial charge is 0.323 e. The first kappa shape index (κ1) is 17.4. The normalized spacial score (nSPS) is 15.5. The summed E-state index contributed by atoms with van der Waals surface area (Å²) < 4.78 is 10.6. The lowest BCUT2D eigenvalue weighted by atomic mass is 9.85. The Bertz CT molecular complexity index is 841. The SMILES string of the molecule is COC(=O)C1(C(=O)OC)Cc2csc(=NCc3ccccc3)cc2C1.